The van der Waals surface area contributed by atoms with Crippen molar-refractivity contribution in [2.24, 2.45) is 0 Å². The molecule has 0 aliphatic heterocycles. The maximum atomic E-state index is 11.3. The summed E-state index contributed by atoms with van der Waals surface area (Å²) in [5.41, 5.74) is 0. The molecule has 16 heavy (non-hydrogen) atoms. The van der Waals surface area contributed by atoms with Gasteiger partial charge in [0.1, 0.15) is 6.04 Å². The van der Waals surface area contributed by atoms with E-state index in [-0.39, 0.29) is 0 Å². The highest BCUT2D eigenvalue weighted by Crippen LogP contribution is 2.11. The molecule has 0 bridgehead atoms. The lowest BCUT2D eigenvalue weighted by Crippen LogP contribution is -2.45. The standard InChI is InChI=1S/C10H16N2O3S/c1-6(13)9(10(14)15-3)12-5-8-4-11-7(2)16-8/h4,6,9,12-13H,5H2,1-3H3. The number of nitrogens with zero attached hydrogens (tertiary/aromatic N) is 1. The molecule has 5 nitrogen and oxygen atoms in total. The van der Waals surface area contributed by atoms with Crippen LogP contribution in [0.4, 0.5) is 0 Å². The average molecular weight is 244 g/mol. The third-order valence-electron chi connectivity index (χ3n) is 2.10. The van der Waals surface area contributed by atoms with Gasteiger partial charge in [-0.2, -0.15) is 0 Å². The highest BCUT2D eigenvalue weighted by atomic mass is 32.1. The molecule has 1 rings (SSSR count). The lowest BCUT2D eigenvalue weighted by atomic mass is 10.2. The second-order valence-corrected chi connectivity index (χ2v) is 4.79. The number of rotatable bonds is 5. The molecule has 90 valence electrons. The second-order valence-electron chi connectivity index (χ2n) is 3.47. The van der Waals surface area contributed by atoms with Crippen molar-refractivity contribution in [1.29, 1.82) is 0 Å². The lowest BCUT2D eigenvalue weighted by molar-refractivity contribution is -0.145. The summed E-state index contributed by atoms with van der Waals surface area (Å²) in [5, 5.41) is 13.3. The summed E-state index contributed by atoms with van der Waals surface area (Å²) in [4.78, 5) is 16.4. The Bertz CT molecular complexity index is 352. The molecular weight excluding hydrogens is 228 g/mol. The van der Waals surface area contributed by atoms with Gasteiger partial charge in [0.25, 0.3) is 0 Å². The van der Waals surface area contributed by atoms with E-state index in [0.29, 0.717) is 6.54 Å². The van der Waals surface area contributed by atoms with Crippen LogP contribution in [0.1, 0.15) is 16.8 Å². The minimum Gasteiger partial charge on any atom is -0.468 e. The van der Waals surface area contributed by atoms with Gasteiger partial charge in [-0.25, -0.2) is 4.98 Å². The van der Waals surface area contributed by atoms with Crippen molar-refractivity contribution in [3.8, 4) is 0 Å². The Morgan fingerprint density at radius 2 is 2.44 bits per heavy atom. The molecule has 0 aliphatic rings. The van der Waals surface area contributed by atoms with Gasteiger partial charge in [0, 0.05) is 17.6 Å². The number of methoxy groups -OCH3 is 1. The van der Waals surface area contributed by atoms with Crippen molar-refractivity contribution in [2.75, 3.05) is 7.11 Å². The summed E-state index contributed by atoms with van der Waals surface area (Å²) in [6.45, 7) is 3.96. The molecule has 1 aromatic heterocycles. The molecule has 0 saturated carbocycles. The number of hydrogen-bond donors (Lipinski definition) is 2. The first-order chi connectivity index (χ1) is 7.54. The first kappa shape index (κ1) is 13.1. The van der Waals surface area contributed by atoms with Gasteiger partial charge in [-0.1, -0.05) is 0 Å². The topological polar surface area (TPSA) is 71.5 Å². The third-order valence-corrected chi connectivity index (χ3v) is 3.02. The lowest BCUT2D eigenvalue weighted by Gasteiger charge is -2.18. The van der Waals surface area contributed by atoms with Crippen molar-refractivity contribution in [3.05, 3.63) is 16.1 Å². The third kappa shape index (κ3) is 3.55. The number of carbonyl (C=O) groups excluding carboxylic acids is 1. The SMILES string of the molecule is COC(=O)C(NCc1cnc(C)s1)C(C)O. The number of ether oxygens (including phenoxy) is 1. The zero-order chi connectivity index (χ0) is 12.1. The average Bonchev–Trinajstić information content (AvgIpc) is 2.63. The van der Waals surface area contributed by atoms with E-state index in [1.807, 2.05) is 6.92 Å². The highest BCUT2D eigenvalue weighted by Gasteiger charge is 2.23. The first-order valence-corrected chi connectivity index (χ1v) is 5.77. The summed E-state index contributed by atoms with van der Waals surface area (Å²) in [6, 6.07) is -0.701. The van der Waals surface area contributed by atoms with Crippen molar-refractivity contribution >= 4 is 17.3 Å². The van der Waals surface area contributed by atoms with Crippen LogP contribution in [-0.2, 0) is 16.1 Å². The summed E-state index contributed by atoms with van der Waals surface area (Å²) >= 11 is 1.55. The minimum absolute atomic E-state index is 0.462. The van der Waals surface area contributed by atoms with E-state index in [1.54, 1.807) is 24.5 Å². The van der Waals surface area contributed by atoms with Crippen LogP contribution in [0.5, 0.6) is 0 Å². The number of hydrogen-bond acceptors (Lipinski definition) is 6. The van der Waals surface area contributed by atoms with E-state index in [1.165, 1.54) is 7.11 Å². The molecule has 2 unspecified atom stereocenters. The van der Waals surface area contributed by atoms with Gasteiger partial charge in [-0.15, -0.1) is 11.3 Å². The number of aliphatic hydroxyl groups excluding tert-OH is 1. The predicted octanol–water partition coefficient (Wildman–Crippen LogP) is 0.464. The van der Waals surface area contributed by atoms with Crippen molar-refractivity contribution in [2.45, 2.75) is 32.5 Å². The van der Waals surface area contributed by atoms with Crippen LogP contribution < -0.4 is 5.32 Å². The number of thiazole rings is 1. The van der Waals surface area contributed by atoms with Gasteiger partial charge in [-0.05, 0) is 13.8 Å². The molecule has 1 heterocycles. The fourth-order valence-corrected chi connectivity index (χ4v) is 2.02. The maximum absolute atomic E-state index is 11.3. The van der Waals surface area contributed by atoms with E-state index in [4.69, 9.17) is 0 Å². The number of carbonyl (C=O) groups is 1. The molecule has 1 aromatic rings. The molecule has 0 spiro atoms. The Morgan fingerprint density at radius 1 is 1.75 bits per heavy atom. The molecule has 2 N–H and O–H groups in total. The second kappa shape index (κ2) is 5.93. The fourth-order valence-electron chi connectivity index (χ4n) is 1.28. The monoisotopic (exact) mass is 244 g/mol. The number of aryl methyl sites for hydroxylation is 1. The van der Waals surface area contributed by atoms with Gasteiger partial charge in [0.2, 0.25) is 0 Å². The van der Waals surface area contributed by atoms with Gasteiger partial charge in [0.05, 0.1) is 18.2 Å². The summed E-state index contributed by atoms with van der Waals surface area (Å²) in [7, 11) is 1.30. The Hall–Kier alpha value is -0.980. The molecule has 6 heteroatoms. The van der Waals surface area contributed by atoms with Crippen molar-refractivity contribution < 1.29 is 14.6 Å². The van der Waals surface area contributed by atoms with E-state index in [2.05, 4.69) is 15.0 Å². The molecule has 0 aliphatic carbocycles. The van der Waals surface area contributed by atoms with E-state index in [0.717, 1.165) is 9.88 Å². The summed E-state index contributed by atoms with van der Waals surface area (Å²) in [6.07, 6.45) is 0.963. The molecule has 0 saturated heterocycles. The Kier molecular flexibility index (Phi) is 4.85. The Morgan fingerprint density at radius 3 is 2.88 bits per heavy atom. The predicted molar refractivity (Wildman–Crippen MR) is 61.2 cm³/mol. The summed E-state index contributed by atoms with van der Waals surface area (Å²) < 4.78 is 4.59. The number of nitrogens with one attached hydrogen (secondary N) is 1. The van der Waals surface area contributed by atoms with Crippen LogP contribution in [0, 0.1) is 6.92 Å². The van der Waals surface area contributed by atoms with Gasteiger partial charge < -0.3 is 9.84 Å². The van der Waals surface area contributed by atoms with Gasteiger partial charge >= 0.3 is 5.97 Å². The van der Waals surface area contributed by atoms with Gasteiger partial charge in [0.15, 0.2) is 0 Å². The fraction of sp³-hybridized carbons (Fsp3) is 0.600. The smallest absolute Gasteiger partial charge is 0.325 e. The van der Waals surface area contributed by atoms with Crippen LogP contribution in [-0.4, -0.2) is 35.3 Å². The largest absolute Gasteiger partial charge is 0.468 e. The van der Waals surface area contributed by atoms with Crippen LogP contribution >= 0.6 is 11.3 Å². The first-order valence-electron chi connectivity index (χ1n) is 4.95. The maximum Gasteiger partial charge on any atom is 0.325 e. The van der Waals surface area contributed by atoms with Crippen LogP contribution in [0.3, 0.4) is 0 Å². The molecule has 0 radical (unpaired) electrons. The minimum atomic E-state index is -0.790. The van der Waals surface area contributed by atoms with Crippen molar-refractivity contribution in [1.82, 2.24) is 10.3 Å². The highest BCUT2D eigenvalue weighted by molar-refractivity contribution is 7.11. The van der Waals surface area contributed by atoms with Crippen LogP contribution in [0.25, 0.3) is 0 Å². The number of aliphatic hydroxyl groups is 1. The molecule has 0 amide bonds. The Balaban J connectivity index is 2.53. The van der Waals surface area contributed by atoms with E-state index in [9.17, 15) is 9.90 Å². The van der Waals surface area contributed by atoms with E-state index < -0.39 is 18.1 Å². The van der Waals surface area contributed by atoms with Crippen LogP contribution in [0.15, 0.2) is 6.20 Å². The quantitative estimate of drug-likeness (QED) is 0.736. The number of aromatic nitrogens is 1. The Labute approximate surface area is 98.5 Å². The molecule has 0 aromatic carbocycles. The number of esters is 1. The normalized spacial score (nSPS) is 14.5. The zero-order valence-electron chi connectivity index (χ0n) is 9.56. The zero-order valence-corrected chi connectivity index (χ0v) is 10.4. The summed E-state index contributed by atoms with van der Waals surface area (Å²) in [5.74, 6) is -0.462. The van der Waals surface area contributed by atoms with E-state index >= 15 is 0 Å². The van der Waals surface area contributed by atoms with Crippen LogP contribution in [0.2, 0.25) is 0 Å². The molecular formula is C10H16N2O3S. The van der Waals surface area contributed by atoms with Gasteiger partial charge in [-0.3, -0.25) is 10.1 Å². The van der Waals surface area contributed by atoms with Crippen molar-refractivity contribution in [3.63, 3.8) is 0 Å². The molecule has 2 atom stereocenters. The molecule has 0 fully saturated rings.